The Morgan fingerprint density at radius 2 is 1.58 bits per heavy atom. The molecule has 424 valence electrons. The molecule has 0 bridgehead atoms. The summed E-state index contributed by atoms with van der Waals surface area (Å²) >= 11 is 0. The molecular formula is C56H72N10O13. The number of ketones is 1. The first kappa shape index (κ1) is 58.8. The second-order valence-electron chi connectivity index (χ2n) is 21.1. The predicted octanol–water partition coefficient (Wildman–Crippen LogP) is 4.04. The third kappa shape index (κ3) is 12.8. The molecular weight excluding hydrogens is 1020 g/mol. The third-order valence-corrected chi connectivity index (χ3v) is 15.1. The summed E-state index contributed by atoms with van der Waals surface area (Å²) < 4.78 is 18.1. The van der Waals surface area contributed by atoms with Crippen molar-refractivity contribution in [1.29, 1.82) is 0 Å². The number of carbonyl (C=O) groups excluding carboxylic acids is 8. The fraction of sp³-hybridized carbons (Fsp3) is 0.500. The van der Waals surface area contributed by atoms with E-state index in [2.05, 4.69) is 21.3 Å². The zero-order valence-electron chi connectivity index (χ0n) is 46.2. The number of urea groups is 1. The molecule has 0 radical (unpaired) electrons. The molecule has 4 aromatic rings. The van der Waals surface area contributed by atoms with Gasteiger partial charge in [0.25, 0.3) is 5.56 Å². The van der Waals surface area contributed by atoms with Gasteiger partial charge in [0.2, 0.25) is 17.7 Å². The van der Waals surface area contributed by atoms with Crippen LogP contribution in [0, 0.1) is 11.8 Å². The maximum Gasteiger partial charge on any atom is 0.415 e. The van der Waals surface area contributed by atoms with Gasteiger partial charge in [-0.15, -0.1) is 0 Å². The van der Waals surface area contributed by atoms with Crippen molar-refractivity contribution in [3.05, 3.63) is 86.7 Å². The summed E-state index contributed by atoms with van der Waals surface area (Å²) in [7, 11) is 4.79. The van der Waals surface area contributed by atoms with Gasteiger partial charge in [0, 0.05) is 61.8 Å². The van der Waals surface area contributed by atoms with Crippen LogP contribution in [0.2, 0.25) is 0 Å². The molecule has 79 heavy (non-hydrogen) atoms. The van der Waals surface area contributed by atoms with E-state index in [1.165, 1.54) is 23.9 Å². The van der Waals surface area contributed by atoms with E-state index < -0.39 is 71.7 Å². The van der Waals surface area contributed by atoms with Crippen molar-refractivity contribution in [3.8, 4) is 17.1 Å². The number of ether oxygens (including phenoxy) is 3. The highest BCUT2D eigenvalue weighted by atomic mass is 16.6. The number of carbonyl (C=O) groups is 8. The number of aryl methyl sites for hydroxylation is 1. The van der Waals surface area contributed by atoms with Gasteiger partial charge in [-0.1, -0.05) is 53.7 Å². The van der Waals surface area contributed by atoms with E-state index >= 15 is 0 Å². The number of benzene rings is 2. The minimum atomic E-state index is -1.95. The van der Waals surface area contributed by atoms with E-state index in [0.717, 1.165) is 16.5 Å². The molecule has 1 saturated heterocycles. The van der Waals surface area contributed by atoms with Crippen molar-refractivity contribution < 1.29 is 57.7 Å². The maximum absolute atomic E-state index is 13.8. The Morgan fingerprint density at radius 1 is 0.899 bits per heavy atom. The van der Waals surface area contributed by atoms with E-state index in [1.54, 1.807) is 85.8 Å². The van der Waals surface area contributed by atoms with Gasteiger partial charge in [-0.2, -0.15) is 0 Å². The molecule has 5 atom stereocenters. The van der Waals surface area contributed by atoms with E-state index in [0.29, 0.717) is 47.4 Å². The van der Waals surface area contributed by atoms with Crippen molar-refractivity contribution >= 4 is 64.3 Å². The van der Waals surface area contributed by atoms with Crippen molar-refractivity contribution in [2.75, 3.05) is 46.1 Å². The highest BCUT2D eigenvalue weighted by Gasteiger charge is 2.46. The maximum atomic E-state index is 13.8. The number of fused-ring (bicyclic) bond motifs is 5. The molecule has 23 nitrogen and oxygen atoms in total. The number of primary amides is 1. The number of nitrogens with zero attached hydrogens (tertiary/aromatic N) is 5. The van der Waals surface area contributed by atoms with Crippen LogP contribution >= 0.6 is 0 Å². The average Bonchev–Trinajstić information content (AvgIpc) is 4.12. The molecule has 0 aliphatic carbocycles. The number of likely N-dealkylation sites (N-methyl/N-ethyl adjacent to an activating group) is 3. The van der Waals surface area contributed by atoms with Crippen LogP contribution in [0.5, 0.6) is 5.75 Å². The normalized spacial score (nSPS) is 18.2. The average molecular weight is 1090 g/mol. The standard InChI is InChI=1S/C56H72N10O13/c1-10-35-36-25-34(18-19-40(36)60-46-37(35)27-66-44(46)26-39-38(51(66)71)29-77-52(72)56(39,76)11-2)79-55(75)64(8)24-23-63(7)54(74)78-28-32-14-16-33(17-15-32)59-48(68)41(13-12-22-58-53(57)73)61-50(70)45(30(3)4)62-49(69)43-21-20-42(65(43)9)47(67)31(5)6/h14-19,25-26,30-31,41-43,45,76H,10-13,20-24,27-29H2,1-9H3,(H,59,68)(H,61,70)(H,62,69)(H3,57,58,73)/t41-,42?,43?,45-,56-/m0/s1. The number of esters is 1. The van der Waals surface area contributed by atoms with Gasteiger partial charge in [-0.05, 0) is 99.0 Å². The molecule has 0 saturated carbocycles. The summed E-state index contributed by atoms with van der Waals surface area (Å²) in [6.07, 6.45) is 0.636. The number of amides is 7. The van der Waals surface area contributed by atoms with Crippen LogP contribution in [0.15, 0.2) is 53.3 Å². The zero-order valence-corrected chi connectivity index (χ0v) is 46.2. The number of rotatable bonds is 21. The second-order valence-corrected chi connectivity index (χ2v) is 21.1. The summed E-state index contributed by atoms with van der Waals surface area (Å²) in [6.45, 7) is 11.0. The first-order chi connectivity index (χ1) is 37.5. The summed E-state index contributed by atoms with van der Waals surface area (Å²) in [4.78, 5) is 127. The monoisotopic (exact) mass is 1090 g/mol. The molecule has 7 rings (SSSR count). The summed E-state index contributed by atoms with van der Waals surface area (Å²) in [6, 6.07) is 9.42. The van der Waals surface area contributed by atoms with Crippen molar-refractivity contribution in [2.24, 2.45) is 17.6 Å². The minimum Gasteiger partial charge on any atom is -0.458 e. The highest BCUT2D eigenvalue weighted by molar-refractivity contribution is 5.99. The van der Waals surface area contributed by atoms with Gasteiger partial charge in [-0.25, -0.2) is 24.2 Å². The molecule has 23 heteroatoms. The number of hydrogen-bond acceptors (Lipinski definition) is 15. The Bertz CT molecular complexity index is 3090. The molecule has 3 aliphatic heterocycles. The van der Waals surface area contributed by atoms with Gasteiger partial charge in [0.1, 0.15) is 31.0 Å². The van der Waals surface area contributed by atoms with Crippen LogP contribution in [0.3, 0.4) is 0 Å². The van der Waals surface area contributed by atoms with Crippen molar-refractivity contribution in [3.63, 3.8) is 0 Å². The number of nitrogens with one attached hydrogen (secondary N) is 4. The van der Waals surface area contributed by atoms with Crippen LogP contribution in [-0.4, -0.2) is 142 Å². The van der Waals surface area contributed by atoms with Crippen LogP contribution in [0.4, 0.5) is 20.1 Å². The van der Waals surface area contributed by atoms with Gasteiger partial charge in [0.05, 0.1) is 41.1 Å². The van der Waals surface area contributed by atoms with Gasteiger partial charge >= 0.3 is 24.2 Å². The SMILES string of the molecule is CCc1c2c(nc3ccc(OC(=O)N(C)CCN(C)C(=O)OCc4ccc(NC(=O)[C@H](CCCNC(N)=O)NC(=O)[C@@H](NC(=O)C5CCC(C(=O)C(C)C)N5C)C(C)C)cc4)cc13)-c1cc3c(c(=O)n1C2)COC(=O)[C@]3(O)CC. The number of aromatic nitrogens is 2. The third-order valence-electron chi connectivity index (χ3n) is 15.1. The molecule has 7 N–H and O–H groups in total. The number of hydrogen-bond donors (Lipinski definition) is 6. The molecule has 3 aliphatic rings. The lowest BCUT2D eigenvalue weighted by Gasteiger charge is -2.31. The quantitative estimate of drug-likeness (QED) is 0.0446. The second kappa shape index (κ2) is 24.8. The minimum absolute atomic E-state index is 0.0273. The Hall–Kier alpha value is -7.92. The zero-order chi connectivity index (χ0) is 57.6. The smallest absolute Gasteiger partial charge is 0.415 e. The number of cyclic esters (lactones) is 1. The lowest BCUT2D eigenvalue weighted by Crippen LogP contribution is -2.57. The molecule has 2 unspecified atom stereocenters. The summed E-state index contributed by atoms with van der Waals surface area (Å²) in [5.74, 6) is -2.57. The van der Waals surface area contributed by atoms with E-state index in [-0.39, 0.29) is 98.7 Å². The molecule has 2 aromatic heterocycles. The lowest BCUT2D eigenvalue weighted by atomic mass is 9.86. The number of Topliss-reactive ketones (excluding diaryl/α,β-unsaturated/α-hetero) is 1. The van der Waals surface area contributed by atoms with E-state index in [4.69, 9.17) is 24.9 Å². The van der Waals surface area contributed by atoms with E-state index in [1.807, 2.05) is 20.8 Å². The Balaban J connectivity index is 0.902. The van der Waals surface area contributed by atoms with Crippen LogP contribution in [0.25, 0.3) is 22.3 Å². The molecule has 2 aromatic carbocycles. The van der Waals surface area contributed by atoms with Crippen LogP contribution in [0.1, 0.15) is 101 Å². The fourth-order valence-corrected chi connectivity index (χ4v) is 10.3. The predicted molar refractivity (Wildman–Crippen MR) is 290 cm³/mol. The van der Waals surface area contributed by atoms with Crippen LogP contribution in [-0.2, 0) is 65.2 Å². The van der Waals surface area contributed by atoms with Crippen molar-refractivity contribution in [1.82, 2.24) is 40.2 Å². The Kier molecular flexibility index (Phi) is 18.5. The number of nitrogens with two attached hydrogens (primary N) is 1. The Morgan fingerprint density at radius 3 is 2.23 bits per heavy atom. The highest BCUT2D eigenvalue weighted by Crippen LogP contribution is 2.41. The first-order valence-electron chi connectivity index (χ1n) is 26.7. The summed E-state index contributed by atoms with van der Waals surface area (Å²) in [5, 5.41) is 22.9. The number of anilines is 1. The van der Waals surface area contributed by atoms with Crippen molar-refractivity contribution in [2.45, 2.75) is 130 Å². The van der Waals surface area contributed by atoms with Gasteiger partial charge in [0.15, 0.2) is 11.4 Å². The number of pyridine rings is 2. The van der Waals surface area contributed by atoms with E-state index in [9.17, 15) is 48.3 Å². The first-order valence-corrected chi connectivity index (χ1v) is 26.7. The largest absolute Gasteiger partial charge is 0.458 e. The topological polar surface area (TPSA) is 303 Å². The molecule has 7 amide bonds. The fourth-order valence-electron chi connectivity index (χ4n) is 10.3. The number of likely N-dealkylation sites (tertiary alicyclic amines) is 1. The van der Waals surface area contributed by atoms with Gasteiger partial charge in [-0.3, -0.25) is 28.9 Å². The molecule has 1 fully saturated rings. The molecule has 0 spiro atoms. The lowest BCUT2D eigenvalue weighted by molar-refractivity contribution is -0.172. The van der Waals surface area contributed by atoms with Gasteiger partial charge < -0.3 is 60.7 Å². The van der Waals surface area contributed by atoms with Crippen LogP contribution < -0.4 is 37.3 Å². The number of aliphatic hydroxyl groups is 1. The summed E-state index contributed by atoms with van der Waals surface area (Å²) in [5.41, 5.74) is 7.71. The Labute approximate surface area is 457 Å². The molecule has 5 heterocycles.